The van der Waals surface area contributed by atoms with Crippen LogP contribution in [0.5, 0.6) is 0 Å². The highest BCUT2D eigenvalue weighted by Gasteiger charge is 2.11. The second kappa shape index (κ2) is 5.80. The lowest BCUT2D eigenvalue weighted by molar-refractivity contribution is 0.574. The van der Waals surface area contributed by atoms with Crippen molar-refractivity contribution in [3.8, 4) is 5.82 Å². The first-order valence-corrected chi connectivity index (χ1v) is 7.04. The van der Waals surface area contributed by atoms with E-state index in [1.165, 1.54) is 17.1 Å². The van der Waals surface area contributed by atoms with Crippen molar-refractivity contribution in [1.82, 2.24) is 19.3 Å². The molecule has 0 radical (unpaired) electrons. The van der Waals surface area contributed by atoms with Crippen molar-refractivity contribution < 1.29 is 8.78 Å². The number of pyridine rings is 1. The Morgan fingerprint density at radius 1 is 1.18 bits per heavy atom. The average Bonchev–Trinajstić information content (AvgIpc) is 2.85. The maximum atomic E-state index is 13.6. The summed E-state index contributed by atoms with van der Waals surface area (Å²) in [5.74, 6) is -0.805. The smallest absolute Gasteiger partial charge is 0.277 e. The molecule has 112 valence electrons. The molecular weight excluding hydrogens is 358 g/mol. The fourth-order valence-electron chi connectivity index (χ4n) is 1.94. The highest BCUT2D eigenvalue weighted by atomic mass is 79.9. The van der Waals surface area contributed by atoms with Gasteiger partial charge in [-0.15, -0.1) is 0 Å². The number of halogens is 3. The maximum absolute atomic E-state index is 13.6. The van der Waals surface area contributed by atoms with Gasteiger partial charge < -0.3 is 0 Å². The maximum Gasteiger partial charge on any atom is 0.352 e. The van der Waals surface area contributed by atoms with Gasteiger partial charge in [0.15, 0.2) is 5.82 Å². The summed E-state index contributed by atoms with van der Waals surface area (Å²) < 4.78 is 29.8. The second-order valence-corrected chi connectivity index (χ2v) is 5.44. The van der Waals surface area contributed by atoms with Crippen LogP contribution < -0.4 is 5.69 Å². The number of benzene rings is 1. The third kappa shape index (κ3) is 2.82. The zero-order valence-corrected chi connectivity index (χ0v) is 12.7. The van der Waals surface area contributed by atoms with E-state index in [4.69, 9.17) is 0 Å². The van der Waals surface area contributed by atoms with Crippen molar-refractivity contribution >= 4 is 15.9 Å². The normalized spacial score (nSPS) is 10.9. The van der Waals surface area contributed by atoms with Gasteiger partial charge >= 0.3 is 5.69 Å². The minimum Gasteiger partial charge on any atom is -0.277 e. The van der Waals surface area contributed by atoms with Crippen molar-refractivity contribution in [3.63, 3.8) is 0 Å². The first kappa shape index (κ1) is 14.6. The van der Waals surface area contributed by atoms with E-state index in [-0.39, 0.29) is 12.1 Å². The second-order valence-electron chi connectivity index (χ2n) is 4.52. The van der Waals surface area contributed by atoms with Crippen LogP contribution in [0.1, 0.15) is 5.56 Å². The molecule has 22 heavy (non-hydrogen) atoms. The molecule has 0 aliphatic heterocycles. The first-order valence-electron chi connectivity index (χ1n) is 6.25. The minimum absolute atomic E-state index is 0.0745. The number of hydrogen-bond donors (Lipinski definition) is 0. The molecule has 0 N–H and O–H groups in total. The molecule has 0 spiro atoms. The van der Waals surface area contributed by atoms with Crippen LogP contribution in [0, 0.1) is 11.6 Å². The lowest BCUT2D eigenvalue weighted by atomic mass is 10.2. The van der Waals surface area contributed by atoms with E-state index in [0.29, 0.717) is 5.82 Å². The lowest BCUT2D eigenvalue weighted by Crippen LogP contribution is -2.25. The van der Waals surface area contributed by atoms with E-state index in [1.54, 1.807) is 12.1 Å². The van der Waals surface area contributed by atoms with Gasteiger partial charge in [-0.2, -0.15) is 9.78 Å². The van der Waals surface area contributed by atoms with Gasteiger partial charge in [0, 0.05) is 16.2 Å². The minimum atomic E-state index is -0.581. The fourth-order valence-corrected chi connectivity index (χ4v) is 2.18. The van der Waals surface area contributed by atoms with Crippen LogP contribution in [0.25, 0.3) is 5.82 Å². The molecule has 3 aromatic rings. The highest BCUT2D eigenvalue weighted by Crippen LogP contribution is 2.11. The van der Waals surface area contributed by atoms with Crippen LogP contribution in [0.4, 0.5) is 8.78 Å². The SMILES string of the molecule is O=c1n(Cc2cc(F)ccc2F)cnn1-c1ccc(Br)cn1. The topological polar surface area (TPSA) is 52.7 Å². The summed E-state index contributed by atoms with van der Waals surface area (Å²) in [6, 6.07) is 6.44. The van der Waals surface area contributed by atoms with Crippen LogP contribution in [0.15, 0.2) is 52.1 Å². The first-order chi connectivity index (χ1) is 10.5. The third-order valence-electron chi connectivity index (χ3n) is 3.01. The van der Waals surface area contributed by atoms with E-state index in [0.717, 1.165) is 27.4 Å². The van der Waals surface area contributed by atoms with E-state index < -0.39 is 17.3 Å². The molecule has 0 unspecified atom stereocenters. The Morgan fingerprint density at radius 2 is 2.00 bits per heavy atom. The predicted octanol–water partition coefficient (Wildman–Crippen LogP) is 2.52. The Balaban J connectivity index is 1.95. The number of aromatic nitrogens is 4. The third-order valence-corrected chi connectivity index (χ3v) is 3.48. The monoisotopic (exact) mass is 366 g/mol. The van der Waals surface area contributed by atoms with Crippen molar-refractivity contribution in [2.75, 3.05) is 0 Å². The molecule has 3 rings (SSSR count). The van der Waals surface area contributed by atoms with Gasteiger partial charge in [-0.25, -0.2) is 18.6 Å². The van der Waals surface area contributed by atoms with Gasteiger partial charge in [-0.1, -0.05) is 0 Å². The fraction of sp³-hybridized carbons (Fsp3) is 0.0714. The lowest BCUT2D eigenvalue weighted by Gasteiger charge is -2.03. The van der Waals surface area contributed by atoms with Crippen LogP contribution in [-0.4, -0.2) is 19.3 Å². The van der Waals surface area contributed by atoms with Crippen LogP contribution in [0.2, 0.25) is 0 Å². The van der Waals surface area contributed by atoms with Crippen LogP contribution >= 0.6 is 15.9 Å². The quantitative estimate of drug-likeness (QED) is 0.715. The summed E-state index contributed by atoms with van der Waals surface area (Å²) in [6.45, 7) is -0.112. The Bertz CT molecular complexity index is 873. The molecule has 0 atom stereocenters. The molecule has 0 saturated carbocycles. The van der Waals surface area contributed by atoms with E-state index in [1.807, 2.05) is 0 Å². The molecule has 0 fully saturated rings. The molecule has 0 aliphatic carbocycles. The van der Waals surface area contributed by atoms with Gasteiger partial charge in [-0.05, 0) is 46.3 Å². The molecule has 2 aromatic heterocycles. The van der Waals surface area contributed by atoms with Crippen molar-refractivity contribution in [2.24, 2.45) is 0 Å². The van der Waals surface area contributed by atoms with Gasteiger partial charge in [0.05, 0.1) is 6.54 Å². The summed E-state index contributed by atoms with van der Waals surface area (Å²) >= 11 is 3.25. The molecule has 0 amide bonds. The largest absolute Gasteiger partial charge is 0.352 e. The van der Waals surface area contributed by atoms with Crippen LogP contribution in [0.3, 0.4) is 0 Å². The molecule has 2 heterocycles. The van der Waals surface area contributed by atoms with E-state index >= 15 is 0 Å². The zero-order valence-electron chi connectivity index (χ0n) is 11.1. The van der Waals surface area contributed by atoms with Crippen molar-refractivity contribution in [3.05, 3.63) is 75.0 Å². The van der Waals surface area contributed by atoms with Gasteiger partial charge in [0.1, 0.15) is 18.0 Å². The Morgan fingerprint density at radius 3 is 2.73 bits per heavy atom. The van der Waals surface area contributed by atoms with Crippen molar-refractivity contribution in [1.29, 1.82) is 0 Å². The number of nitrogens with zero attached hydrogens (tertiary/aromatic N) is 4. The highest BCUT2D eigenvalue weighted by molar-refractivity contribution is 9.10. The molecule has 1 aromatic carbocycles. The molecular formula is C14H9BrF2N4O. The standard InChI is InChI=1S/C14H9BrF2N4O/c15-10-1-4-13(18-6-10)21-14(22)20(8-19-21)7-9-5-11(16)2-3-12(9)17/h1-6,8H,7H2. The summed E-state index contributed by atoms with van der Waals surface area (Å²) in [5.41, 5.74) is -0.413. The predicted molar refractivity (Wildman–Crippen MR) is 78.8 cm³/mol. The van der Waals surface area contributed by atoms with Gasteiger partial charge in [0.2, 0.25) is 0 Å². The van der Waals surface area contributed by atoms with Gasteiger partial charge in [-0.3, -0.25) is 4.57 Å². The Kier molecular flexibility index (Phi) is 3.84. The summed E-state index contributed by atoms with van der Waals surface area (Å²) in [5, 5.41) is 3.94. The van der Waals surface area contributed by atoms with E-state index in [9.17, 15) is 13.6 Å². The molecule has 0 saturated heterocycles. The molecule has 0 bridgehead atoms. The Labute approximate surface area is 132 Å². The Hall–Kier alpha value is -2.35. The summed E-state index contributed by atoms with van der Waals surface area (Å²) in [4.78, 5) is 16.3. The number of hydrogen-bond acceptors (Lipinski definition) is 3. The van der Waals surface area contributed by atoms with Crippen molar-refractivity contribution in [2.45, 2.75) is 6.54 Å². The van der Waals surface area contributed by atoms with E-state index in [2.05, 4.69) is 26.0 Å². The van der Waals surface area contributed by atoms with Crippen LogP contribution in [-0.2, 0) is 6.54 Å². The number of rotatable bonds is 3. The van der Waals surface area contributed by atoms with Gasteiger partial charge in [0.25, 0.3) is 0 Å². The molecule has 8 heteroatoms. The zero-order chi connectivity index (χ0) is 15.7. The molecule has 0 aliphatic rings. The molecule has 5 nitrogen and oxygen atoms in total. The average molecular weight is 367 g/mol. The summed E-state index contributed by atoms with van der Waals surface area (Å²) in [7, 11) is 0. The summed E-state index contributed by atoms with van der Waals surface area (Å²) in [6.07, 6.45) is 2.80.